The van der Waals surface area contributed by atoms with Gasteiger partial charge < -0.3 is 15.2 Å². The Bertz CT molecular complexity index is 548. The van der Waals surface area contributed by atoms with Gasteiger partial charge >= 0.3 is 5.97 Å². The van der Waals surface area contributed by atoms with Crippen LogP contribution in [0.15, 0.2) is 18.2 Å². The highest BCUT2D eigenvalue weighted by Gasteiger charge is 2.16. The molecule has 0 aliphatic heterocycles. The number of carbonyl (C=O) groups is 2. The fraction of sp³-hybridized carbons (Fsp3) is 0.556. The summed E-state index contributed by atoms with van der Waals surface area (Å²) in [6, 6.07) is 5.18. The second kappa shape index (κ2) is 8.56. The molecule has 0 aromatic heterocycles. The summed E-state index contributed by atoms with van der Waals surface area (Å²) in [5, 5.41) is 11.6. The average molecular weight is 319 g/mol. The number of rotatable bonds is 6. The Morgan fingerprint density at radius 2 is 1.91 bits per heavy atom. The van der Waals surface area contributed by atoms with Crippen LogP contribution >= 0.6 is 0 Å². The van der Waals surface area contributed by atoms with Crippen LogP contribution in [0, 0.1) is 12.8 Å². The van der Waals surface area contributed by atoms with Crippen molar-refractivity contribution < 1.29 is 19.4 Å². The highest BCUT2D eigenvalue weighted by molar-refractivity contribution is 5.91. The molecule has 23 heavy (non-hydrogen) atoms. The van der Waals surface area contributed by atoms with Crippen LogP contribution in [0.2, 0.25) is 0 Å². The normalized spacial score (nSPS) is 15.7. The number of hydrogen-bond donors (Lipinski definition) is 2. The van der Waals surface area contributed by atoms with Gasteiger partial charge in [0.2, 0.25) is 5.91 Å². The molecular weight excluding hydrogens is 294 g/mol. The minimum atomic E-state index is -1.01. The van der Waals surface area contributed by atoms with Gasteiger partial charge in [0.25, 0.3) is 0 Å². The van der Waals surface area contributed by atoms with E-state index in [0.717, 1.165) is 24.1 Å². The second-order valence-corrected chi connectivity index (χ2v) is 6.27. The van der Waals surface area contributed by atoms with Crippen molar-refractivity contribution in [3.8, 4) is 5.75 Å². The van der Waals surface area contributed by atoms with Crippen molar-refractivity contribution in [1.29, 1.82) is 0 Å². The maximum atomic E-state index is 12.2. The Balaban J connectivity index is 1.88. The van der Waals surface area contributed by atoms with E-state index < -0.39 is 5.97 Å². The SMILES string of the molecule is Cc1cc(OCC(=O)O)ccc1NC(=O)CC1CCCCCC1. The van der Waals surface area contributed by atoms with Crippen LogP contribution in [0.3, 0.4) is 0 Å². The van der Waals surface area contributed by atoms with Gasteiger partial charge in [-0.2, -0.15) is 0 Å². The fourth-order valence-corrected chi connectivity index (χ4v) is 3.04. The van der Waals surface area contributed by atoms with Crippen LogP contribution in [0.5, 0.6) is 5.75 Å². The van der Waals surface area contributed by atoms with Crippen molar-refractivity contribution in [2.45, 2.75) is 51.9 Å². The summed E-state index contributed by atoms with van der Waals surface area (Å²) < 4.78 is 5.13. The average Bonchev–Trinajstić information content (AvgIpc) is 2.76. The largest absolute Gasteiger partial charge is 0.482 e. The summed E-state index contributed by atoms with van der Waals surface area (Å²) in [6.07, 6.45) is 7.91. The van der Waals surface area contributed by atoms with Crippen LogP contribution in [0.1, 0.15) is 50.5 Å². The summed E-state index contributed by atoms with van der Waals surface area (Å²) >= 11 is 0. The first kappa shape index (κ1) is 17.3. The standard InChI is InChI=1S/C18H25NO4/c1-13-10-15(23-12-18(21)22)8-9-16(13)19-17(20)11-14-6-4-2-3-5-7-14/h8-10,14H,2-7,11-12H2,1H3,(H,19,20)(H,21,22). The van der Waals surface area contributed by atoms with E-state index in [1.165, 1.54) is 25.7 Å². The third-order valence-electron chi connectivity index (χ3n) is 4.28. The van der Waals surface area contributed by atoms with Gasteiger partial charge in [0, 0.05) is 12.1 Å². The molecule has 0 atom stereocenters. The number of aliphatic carboxylic acids is 1. The number of hydrogen-bond acceptors (Lipinski definition) is 3. The summed E-state index contributed by atoms with van der Waals surface area (Å²) in [5.41, 5.74) is 1.62. The van der Waals surface area contributed by atoms with E-state index in [4.69, 9.17) is 9.84 Å². The smallest absolute Gasteiger partial charge is 0.341 e. The lowest BCUT2D eigenvalue weighted by Gasteiger charge is -2.15. The molecule has 2 rings (SSSR count). The number of carbonyl (C=O) groups excluding carboxylic acids is 1. The van der Waals surface area contributed by atoms with Crippen molar-refractivity contribution in [2.75, 3.05) is 11.9 Å². The first-order valence-electron chi connectivity index (χ1n) is 8.29. The molecule has 1 aliphatic carbocycles. The number of benzene rings is 1. The molecule has 1 aromatic rings. The van der Waals surface area contributed by atoms with Crippen LogP contribution in [-0.2, 0) is 9.59 Å². The number of amides is 1. The molecule has 1 aliphatic rings. The quantitative estimate of drug-likeness (QED) is 0.783. The van der Waals surface area contributed by atoms with Crippen LogP contribution < -0.4 is 10.1 Å². The van der Waals surface area contributed by atoms with E-state index in [1.807, 2.05) is 6.92 Å². The molecule has 0 heterocycles. The van der Waals surface area contributed by atoms with Crippen molar-refractivity contribution in [1.82, 2.24) is 0 Å². The Labute approximate surface area is 137 Å². The Kier molecular flexibility index (Phi) is 6.44. The van der Waals surface area contributed by atoms with E-state index in [1.54, 1.807) is 18.2 Å². The third kappa shape index (κ3) is 5.93. The third-order valence-corrected chi connectivity index (χ3v) is 4.28. The molecule has 1 aromatic carbocycles. The molecule has 126 valence electrons. The van der Waals surface area contributed by atoms with Crippen LogP contribution in [0.4, 0.5) is 5.69 Å². The number of ether oxygens (including phenoxy) is 1. The monoisotopic (exact) mass is 319 g/mol. The van der Waals surface area contributed by atoms with Gasteiger partial charge in [-0.15, -0.1) is 0 Å². The molecule has 0 saturated heterocycles. The molecular formula is C18H25NO4. The van der Waals surface area contributed by atoms with Gasteiger partial charge in [-0.25, -0.2) is 4.79 Å². The zero-order valence-corrected chi connectivity index (χ0v) is 13.6. The van der Waals surface area contributed by atoms with Crippen LogP contribution in [0.25, 0.3) is 0 Å². The molecule has 1 amide bonds. The lowest BCUT2D eigenvalue weighted by atomic mass is 9.96. The molecule has 0 bridgehead atoms. The second-order valence-electron chi connectivity index (χ2n) is 6.27. The minimum Gasteiger partial charge on any atom is -0.482 e. The van der Waals surface area contributed by atoms with Crippen molar-refractivity contribution in [3.63, 3.8) is 0 Å². The molecule has 1 fully saturated rings. The number of anilines is 1. The topological polar surface area (TPSA) is 75.6 Å². The minimum absolute atomic E-state index is 0.0548. The Hall–Kier alpha value is -2.04. The zero-order valence-electron chi connectivity index (χ0n) is 13.6. The molecule has 0 radical (unpaired) electrons. The number of nitrogens with one attached hydrogen (secondary N) is 1. The van der Waals surface area contributed by atoms with E-state index in [9.17, 15) is 9.59 Å². The van der Waals surface area contributed by atoms with Gasteiger partial charge in [0.1, 0.15) is 5.75 Å². The predicted octanol–water partition coefficient (Wildman–Crippen LogP) is 3.76. The van der Waals surface area contributed by atoms with E-state index >= 15 is 0 Å². The van der Waals surface area contributed by atoms with Gasteiger partial charge in [0.05, 0.1) is 0 Å². The fourth-order valence-electron chi connectivity index (χ4n) is 3.04. The van der Waals surface area contributed by atoms with Gasteiger partial charge in [-0.3, -0.25) is 4.79 Å². The maximum Gasteiger partial charge on any atom is 0.341 e. The van der Waals surface area contributed by atoms with Crippen molar-refractivity contribution in [2.24, 2.45) is 5.92 Å². The van der Waals surface area contributed by atoms with Crippen molar-refractivity contribution in [3.05, 3.63) is 23.8 Å². The number of carboxylic acids is 1. The number of carboxylic acid groups (broad SMARTS) is 1. The van der Waals surface area contributed by atoms with E-state index in [0.29, 0.717) is 18.1 Å². The van der Waals surface area contributed by atoms with E-state index in [2.05, 4.69) is 5.32 Å². The predicted molar refractivity (Wildman–Crippen MR) is 88.7 cm³/mol. The van der Waals surface area contributed by atoms with Gasteiger partial charge in [0.15, 0.2) is 6.61 Å². The first-order chi connectivity index (χ1) is 11.0. The molecule has 5 nitrogen and oxygen atoms in total. The summed E-state index contributed by atoms with van der Waals surface area (Å²) in [6.45, 7) is 1.50. The highest BCUT2D eigenvalue weighted by Crippen LogP contribution is 2.26. The first-order valence-corrected chi connectivity index (χ1v) is 8.29. The zero-order chi connectivity index (χ0) is 16.7. The summed E-state index contributed by atoms with van der Waals surface area (Å²) in [7, 11) is 0. The van der Waals surface area contributed by atoms with E-state index in [-0.39, 0.29) is 12.5 Å². The number of aryl methyl sites for hydroxylation is 1. The van der Waals surface area contributed by atoms with Gasteiger partial charge in [-0.1, -0.05) is 25.7 Å². The highest BCUT2D eigenvalue weighted by atomic mass is 16.5. The molecule has 2 N–H and O–H groups in total. The summed E-state index contributed by atoms with van der Waals surface area (Å²) in [5.74, 6) is 0.0327. The lowest BCUT2D eigenvalue weighted by molar-refractivity contribution is -0.139. The Morgan fingerprint density at radius 1 is 1.22 bits per heavy atom. The lowest BCUT2D eigenvalue weighted by Crippen LogP contribution is -2.17. The molecule has 5 heteroatoms. The molecule has 0 spiro atoms. The molecule has 1 saturated carbocycles. The van der Waals surface area contributed by atoms with Crippen LogP contribution in [-0.4, -0.2) is 23.6 Å². The molecule has 0 unspecified atom stereocenters. The van der Waals surface area contributed by atoms with Crippen molar-refractivity contribution >= 4 is 17.6 Å². The Morgan fingerprint density at radius 3 is 2.52 bits per heavy atom. The van der Waals surface area contributed by atoms with Gasteiger partial charge in [-0.05, 0) is 49.4 Å². The maximum absolute atomic E-state index is 12.2. The summed E-state index contributed by atoms with van der Waals surface area (Å²) in [4.78, 5) is 22.7.